The van der Waals surface area contributed by atoms with Gasteiger partial charge in [0.1, 0.15) is 18.5 Å². The molecule has 0 aliphatic carbocycles. The van der Waals surface area contributed by atoms with Gasteiger partial charge in [0.25, 0.3) is 0 Å². The standard InChI is InChI=1S/C23H29NO5/c1-27-20-9-7-19(8-10-20)23(18-5-3-2-4-6-18)29-21-11-13-24(14-12-21)15-16-28-17-22(25)26/h2-10,21,23H,11-17H2,1H3,(H,25,26). The molecule has 29 heavy (non-hydrogen) atoms. The van der Waals surface area contributed by atoms with Crippen LogP contribution in [0.4, 0.5) is 0 Å². The second kappa shape index (κ2) is 11.0. The van der Waals surface area contributed by atoms with Crippen molar-refractivity contribution in [2.24, 2.45) is 0 Å². The van der Waals surface area contributed by atoms with Crippen molar-refractivity contribution < 1.29 is 24.1 Å². The molecule has 156 valence electrons. The number of carbonyl (C=O) groups is 1. The average Bonchev–Trinajstić information content (AvgIpc) is 2.76. The summed E-state index contributed by atoms with van der Waals surface area (Å²) in [6.07, 6.45) is 1.95. The van der Waals surface area contributed by atoms with Crippen LogP contribution < -0.4 is 4.74 Å². The molecule has 3 rings (SSSR count). The summed E-state index contributed by atoms with van der Waals surface area (Å²) in [7, 11) is 1.67. The maximum absolute atomic E-state index is 10.5. The van der Waals surface area contributed by atoms with Crippen molar-refractivity contribution in [2.75, 3.05) is 40.0 Å². The summed E-state index contributed by atoms with van der Waals surface area (Å²) in [5, 5.41) is 8.62. The van der Waals surface area contributed by atoms with E-state index in [9.17, 15) is 4.79 Å². The molecule has 1 aliphatic heterocycles. The lowest BCUT2D eigenvalue weighted by Gasteiger charge is -2.34. The lowest BCUT2D eigenvalue weighted by Crippen LogP contribution is -2.39. The van der Waals surface area contributed by atoms with E-state index in [1.54, 1.807) is 7.11 Å². The summed E-state index contributed by atoms with van der Waals surface area (Å²) in [4.78, 5) is 12.8. The van der Waals surface area contributed by atoms with Crippen LogP contribution in [-0.2, 0) is 14.3 Å². The van der Waals surface area contributed by atoms with Gasteiger partial charge in [-0.25, -0.2) is 4.79 Å². The summed E-state index contributed by atoms with van der Waals surface area (Å²) in [6.45, 7) is 2.80. The van der Waals surface area contributed by atoms with E-state index in [-0.39, 0.29) is 18.8 Å². The number of benzene rings is 2. The Kier molecular flexibility index (Phi) is 8.04. The Morgan fingerprint density at radius 2 is 1.72 bits per heavy atom. The Bertz CT molecular complexity index is 742. The number of hydrogen-bond donors (Lipinski definition) is 1. The number of ether oxygens (including phenoxy) is 3. The van der Waals surface area contributed by atoms with Gasteiger partial charge in [-0.05, 0) is 36.1 Å². The van der Waals surface area contributed by atoms with Gasteiger partial charge in [-0.3, -0.25) is 0 Å². The lowest BCUT2D eigenvalue weighted by atomic mass is 10.00. The van der Waals surface area contributed by atoms with Crippen molar-refractivity contribution in [3.63, 3.8) is 0 Å². The van der Waals surface area contributed by atoms with Gasteiger partial charge < -0.3 is 24.2 Å². The molecule has 1 heterocycles. The zero-order valence-corrected chi connectivity index (χ0v) is 16.8. The predicted molar refractivity (Wildman–Crippen MR) is 110 cm³/mol. The number of methoxy groups -OCH3 is 1. The molecule has 1 unspecified atom stereocenters. The van der Waals surface area contributed by atoms with Crippen molar-refractivity contribution in [1.29, 1.82) is 0 Å². The highest BCUT2D eigenvalue weighted by atomic mass is 16.5. The van der Waals surface area contributed by atoms with Gasteiger partial charge in [-0.2, -0.15) is 0 Å². The maximum atomic E-state index is 10.5. The van der Waals surface area contributed by atoms with Crippen molar-refractivity contribution >= 4 is 5.97 Å². The topological polar surface area (TPSA) is 68.2 Å². The van der Waals surface area contributed by atoms with Gasteiger partial charge in [0, 0.05) is 19.6 Å². The monoisotopic (exact) mass is 399 g/mol. The molecule has 0 spiro atoms. The van der Waals surface area contributed by atoms with Crippen LogP contribution in [0.5, 0.6) is 5.75 Å². The minimum atomic E-state index is -0.928. The first kappa shape index (κ1) is 21.3. The molecule has 1 N–H and O–H groups in total. The average molecular weight is 399 g/mol. The largest absolute Gasteiger partial charge is 0.497 e. The smallest absolute Gasteiger partial charge is 0.329 e. The van der Waals surface area contributed by atoms with Crippen LogP contribution in [-0.4, -0.2) is 62.0 Å². The molecule has 0 amide bonds. The fourth-order valence-electron chi connectivity index (χ4n) is 3.57. The Balaban J connectivity index is 1.57. The van der Waals surface area contributed by atoms with Gasteiger partial charge in [-0.1, -0.05) is 42.5 Å². The summed E-state index contributed by atoms with van der Waals surface area (Å²) < 4.78 is 17.0. The van der Waals surface area contributed by atoms with Gasteiger partial charge in [-0.15, -0.1) is 0 Å². The molecule has 1 fully saturated rings. The Hall–Kier alpha value is -2.41. The Labute approximate surface area is 172 Å². The number of carboxylic acids is 1. The normalized spacial score (nSPS) is 16.4. The highest BCUT2D eigenvalue weighted by molar-refractivity contribution is 5.67. The molecule has 1 aliphatic rings. The predicted octanol–water partition coefficient (Wildman–Crippen LogP) is 3.37. The van der Waals surface area contributed by atoms with E-state index in [1.165, 1.54) is 0 Å². The summed E-state index contributed by atoms with van der Waals surface area (Å²) in [5.74, 6) is -0.0958. The number of piperidine rings is 1. The minimum absolute atomic E-state index is 0.113. The summed E-state index contributed by atoms with van der Waals surface area (Å²) >= 11 is 0. The number of rotatable bonds is 10. The molecule has 6 nitrogen and oxygen atoms in total. The van der Waals surface area contributed by atoms with Crippen molar-refractivity contribution in [3.05, 3.63) is 65.7 Å². The highest BCUT2D eigenvalue weighted by Gasteiger charge is 2.24. The number of likely N-dealkylation sites (tertiary alicyclic amines) is 1. The van der Waals surface area contributed by atoms with Crippen LogP contribution in [0.3, 0.4) is 0 Å². The number of nitrogens with zero attached hydrogens (tertiary/aromatic N) is 1. The molecule has 0 aromatic heterocycles. The molecule has 0 bridgehead atoms. The number of carboxylic acid groups (broad SMARTS) is 1. The van der Waals surface area contributed by atoms with Crippen LogP contribution in [0.25, 0.3) is 0 Å². The fraction of sp³-hybridized carbons (Fsp3) is 0.435. The molecule has 0 radical (unpaired) electrons. The third-order valence-corrected chi connectivity index (χ3v) is 5.16. The molecule has 2 aromatic rings. The first-order valence-electron chi connectivity index (χ1n) is 10.0. The number of hydrogen-bond acceptors (Lipinski definition) is 5. The first-order chi connectivity index (χ1) is 14.2. The van der Waals surface area contributed by atoms with Crippen molar-refractivity contribution in [1.82, 2.24) is 4.90 Å². The molecular weight excluding hydrogens is 370 g/mol. The maximum Gasteiger partial charge on any atom is 0.329 e. The molecule has 2 aromatic carbocycles. The van der Waals surface area contributed by atoms with Crippen LogP contribution >= 0.6 is 0 Å². The second-order valence-corrected chi connectivity index (χ2v) is 7.19. The van der Waals surface area contributed by atoms with Crippen LogP contribution in [0, 0.1) is 0 Å². The van der Waals surface area contributed by atoms with Crippen molar-refractivity contribution in [3.8, 4) is 5.75 Å². The lowest BCUT2D eigenvalue weighted by molar-refractivity contribution is -0.142. The van der Waals surface area contributed by atoms with E-state index in [0.29, 0.717) is 6.61 Å². The van der Waals surface area contributed by atoms with Gasteiger partial charge in [0.2, 0.25) is 0 Å². The molecular formula is C23H29NO5. The van der Waals surface area contributed by atoms with E-state index in [1.807, 2.05) is 30.3 Å². The zero-order chi connectivity index (χ0) is 20.5. The molecule has 1 saturated heterocycles. The first-order valence-corrected chi connectivity index (χ1v) is 10.0. The van der Waals surface area contributed by atoms with Crippen LogP contribution in [0.2, 0.25) is 0 Å². The van der Waals surface area contributed by atoms with Crippen molar-refractivity contribution in [2.45, 2.75) is 25.0 Å². The minimum Gasteiger partial charge on any atom is -0.497 e. The summed E-state index contributed by atoms with van der Waals surface area (Å²) in [5.41, 5.74) is 2.25. The van der Waals surface area contributed by atoms with E-state index in [0.717, 1.165) is 49.4 Å². The third kappa shape index (κ3) is 6.56. The van der Waals surface area contributed by atoms with Crippen LogP contribution in [0.15, 0.2) is 54.6 Å². The van der Waals surface area contributed by atoms with E-state index >= 15 is 0 Å². The van der Waals surface area contributed by atoms with Gasteiger partial charge in [0.15, 0.2) is 0 Å². The van der Waals surface area contributed by atoms with Crippen LogP contribution in [0.1, 0.15) is 30.1 Å². The highest BCUT2D eigenvalue weighted by Crippen LogP contribution is 2.31. The molecule has 6 heteroatoms. The van der Waals surface area contributed by atoms with E-state index in [4.69, 9.17) is 19.3 Å². The Morgan fingerprint density at radius 3 is 2.34 bits per heavy atom. The van der Waals surface area contributed by atoms with Gasteiger partial charge >= 0.3 is 5.97 Å². The SMILES string of the molecule is COc1ccc(C(OC2CCN(CCOCC(=O)O)CC2)c2ccccc2)cc1. The zero-order valence-electron chi connectivity index (χ0n) is 16.8. The third-order valence-electron chi connectivity index (χ3n) is 5.16. The second-order valence-electron chi connectivity index (χ2n) is 7.19. The molecule has 0 saturated carbocycles. The summed E-state index contributed by atoms with van der Waals surface area (Å²) in [6, 6.07) is 18.3. The Morgan fingerprint density at radius 1 is 1.07 bits per heavy atom. The van der Waals surface area contributed by atoms with E-state index < -0.39 is 5.97 Å². The molecule has 1 atom stereocenters. The quantitative estimate of drug-likeness (QED) is 0.618. The fourth-order valence-corrected chi connectivity index (χ4v) is 3.57. The van der Waals surface area contributed by atoms with E-state index in [2.05, 4.69) is 29.2 Å². The van der Waals surface area contributed by atoms with Gasteiger partial charge in [0.05, 0.1) is 19.8 Å². The number of aliphatic carboxylic acids is 1.